The third-order valence-electron chi connectivity index (χ3n) is 5.98. The third kappa shape index (κ3) is 7.70. The molecule has 0 aromatic heterocycles. The predicted molar refractivity (Wildman–Crippen MR) is 141 cm³/mol. The number of nitrogen functional groups attached to an aromatic ring is 1. The highest BCUT2D eigenvalue weighted by molar-refractivity contribution is 6.37. The van der Waals surface area contributed by atoms with Gasteiger partial charge in [-0.05, 0) is 50.0 Å². The number of carbonyl (C=O) groups excluding carboxylic acids is 1. The van der Waals surface area contributed by atoms with Gasteiger partial charge in [0.15, 0.2) is 5.75 Å². The van der Waals surface area contributed by atoms with Gasteiger partial charge in [-0.1, -0.05) is 40.9 Å². The molecule has 0 bridgehead atoms. The van der Waals surface area contributed by atoms with E-state index < -0.39 is 12.1 Å². The van der Waals surface area contributed by atoms with E-state index in [1.807, 2.05) is 0 Å². The minimum absolute atomic E-state index is 0.0811. The van der Waals surface area contributed by atoms with E-state index in [1.165, 1.54) is 19.2 Å². The Morgan fingerprint density at radius 1 is 1.17 bits per heavy atom. The van der Waals surface area contributed by atoms with E-state index in [4.69, 9.17) is 50.0 Å². The molecular formula is C24H29Cl3N4O5. The minimum atomic E-state index is -1.13. The average molecular weight is 560 g/mol. The van der Waals surface area contributed by atoms with Crippen LogP contribution in [0.5, 0.6) is 11.5 Å². The number of likely N-dealkylation sites (tertiary alicyclic amines) is 1. The number of hydrogen-bond acceptors (Lipinski definition) is 6. The molecule has 36 heavy (non-hydrogen) atoms. The molecule has 1 unspecified atom stereocenters. The first-order chi connectivity index (χ1) is 17.2. The van der Waals surface area contributed by atoms with Crippen LogP contribution in [0.25, 0.3) is 0 Å². The Labute approximate surface area is 224 Å². The molecule has 1 atom stereocenters. The first-order valence-electron chi connectivity index (χ1n) is 11.4. The van der Waals surface area contributed by atoms with Crippen LogP contribution >= 0.6 is 34.8 Å². The van der Waals surface area contributed by atoms with Crippen molar-refractivity contribution in [3.8, 4) is 11.5 Å². The lowest BCUT2D eigenvalue weighted by Crippen LogP contribution is -2.49. The maximum absolute atomic E-state index is 12.7. The molecule has 1 fully saturated rings. The van der Waals surface area contributed by atoms with Crippen LogP contribution in [-0.4, -0.2) is 67.9 Å². The normalized spacial score (nSPS) is 15.2. The van der Waals surface area contributed by atoms with Crippen molar-refractivity contribution in [1.82, 2.24) is 15.5 Å². The fraction of sp³-hybridized carbons (Fsp3) is 0.417. The molecule has 0 radical (unpaired) electrons. The fourth-order valence-corrected chi connectivity index (χ4v) is 4.72. The summed E-state index contributed by atoms with van der Waals surface area (Å²) < 4.78 is 11.0. The van der Waals surface area contributed by atoms with Crippen LogP contribution in [0.15, 0.2) is 30.3 Å². The smallest absolute Gasteiger partial charge is 0.405 e. The zero-order chi connectivity index (χ0) is 26.2. The highest BCUT2D eigenvalue weighted by Crippen LogP contribution is 2.32. The number of rotatable bonds is 10. The number of piperidine rings is 1. The minimum Gasteiger partial charge on any atom is -0.496 e. The molecule has 2 amide bonds. The van der Waals surface area contributed by atoms with E-state index in [1.54, 1.807) is 18.2 Å². The summed E-state index contributed by atoms with van der Waals surface area (Å²) in [5.41, 5.74) is 6.46. The Kier molecular flexibility index (Phi) is 10.2. The number of nitrogens with zero attached hydrogens (tertiary/aromatic N) is 1. The summed E-state index contributed by atoms with van der Waals surface area (Å²) in [6.45, 7) is 2.56. The average Bonchev–Trinajstić information content (AvgIpc) is 2.84. The van der Waals surface area contributed by atoms with E-state index >= 15 is 0 Å². The zero-order valence-corrected chi connectivity index (χ0v) is 22.0. The Balaban J connectivity index is 1.49. The van der Waals surface area contributed by atoms with Gasteiger partial charge in [0.2, 0.25) is 0 Å². The quantitative estimate of drug-likeness (QED) is 0.318. The van der Waals surface area contributed by atoms with Crippen LogP contribution in [-0.2, 0) is 0 Å². The van der Waals surface area contributed by atoms with Gasteiger partial charge in [-0.25, -0.2) is 4.79 Å². The molecule has 1 aliphatic rings. The highest BCUT2D eigenvalue weighted by atomic mass is 35.5. The van der Waals surface area contributed by atoms with Gasteiger partial charge in [-0.3, -0.25) is 4.79 Å². The summed E-state index contributed by atoms with van der Waals surface area (Å²) in [4.78, 5) is 26.1. The highest BCUT2D eigenvalue weighted by Gasteiger charge is 2.24. The molecular weight excluding hydrogens is 531 g/mol. The second kappa shape index (κ2) is 13.1. The first-order valence-corrected chi connectivity index (χ1v) is 12.5. The number of nitrogens with one attached hydrogen (secondary N) is 2. The van der Waals surface area contributed by atoms with Gasteiger partial charge in [0.25, 0.3) is 5.91 Å². The largest absolute Gasteiger partial charge is 0.496 e. The molecule has 9 nitrogen and oxygen atoms in total. The molecule has 1 heterocycles. The SMILES string of the molecule is COc1cc(N)c(Cl)cc1C(=O)NCC1CCN(CC(COc2c(Cl)cccc2Cl)NC(=O)O)CC1. The number of carboxylic acid groups (broad SMARTS) is 1. The number of anilines is 1. The number of carbonyl (C=O) groups is 2. The summed E-state index contributed by atoms with van der Waals surface area (Å²) in [6.07, 6.45) is 0.554. The van der Waals surface area contributed by atoms with Gasteiger partial charge in [0.1, 0.15) is 12.4 Å². The number of amides is 2. The molecule has 2 aromatic carbocycles. The van der Waals surface area contributed by atoms with Crippen LogP contribution in [0, 0.1) is 5.92 Å². The molecule has 2 aromatic rings. The summed E-state index contributed by atoms with van der Waals surface area (Å²) in [5, 5.41) is 15.7. The number of methoxy groups -OCH3 is 1. The number of benzene rings is 2. The second-order valence-electron chi connectivity index (χ2n) is 8.54. The van der Waals surface area contributed by atoms with Crippen molar-refractivity contribution in [1.29, 1.82) is 0 Å². The van der Waals surface area contributed by atoms with Crippen molar-refractivity contribution in [3.05, 3.63) is 51.0 Å². The lowest BCUT2D eigenvalue weighted by atomic mass is 9.96. The summed E-state index contributed by atoms with van der Waals surface area (Å²) in [7, 11) is 1.47. The Morgan fingerprint density at radius 3 is 2.44 bits per heavy atom. The van der Waals surface area contributed by atoms with Crippen molar-refractivity contribution in [3.63, 3.8) is 0 Å². The molecule has 1 saturated heterocycles. The predicted octanol–water partition coefficient (Wildman–Crippen LogP) is 4.39. The van der Waals surface area contributed by atoms with Gasteiger partial charge in [-0.15, -0.1) is 0 Å². The topological polar surface area (TPSA) is 126 Å². The molecule has 3 rings (SSSR count). The monoisotopic (exact) mass is 558 g/mol. The Bertz CT molecular complexity index is 1060. The van der Waals surface area contributed by atoms with Crippen LogP contribution in [0.2, 0.25) is 15.1 Å². The van der Waals surface area contributed by atoms with Gasteiger partial charge >= 0.3 is 6.09 Å². The number of nitrogens with two attached hydrogens (primary N) is 1. The van der Waals surface area contributed by atoms with E-state index in [0.29, 0.717) is 50.9 Å². The number of para-hydroxylation sites is 1. The summed E-state index contributed by atoms with van der Waals surface area (Å²) >= 11 is 18.4. The molecule has 0 saturated carbocycles. The standard InChI is InChI=1S/C24H29Cl3N4O5/c1-35-21-10-20(28)19(27)9-16(21)23(32)29-11-14-5-7-31(8-6-14)12-15(30-24(33)34)13-36-22-17(25)3-2-4-18(22)26/h2-4,9-10,14-15,30H,5-8,11-13,28H2,1H3,(H,29,32)(H,33,34). The first kappa shape index (κ1) is 28.0. The summed E-state index contributed by atoms with van der Waals surface area (Å²) in [6, 6.07) is 7.57. The van der Waals surface area contributed by atoms with Crippen LogP contribution in [0.1, 0.15) is 23.2 Å². The van der Waals surface area contributed by atoms with E-state index in [0.717, 1.165) is 25.9 Å². The fourth-order valence-electron chi connectivity index (χ4n) is 4.05. The van der Waals surface area contributed by atoms with E-state index in [2.05, 4.69) is 15.5 Å². The Morgan fingerprint density at radius 2 is 1.83 bits per heavy atom. The second-order valence-corrected chi connectivity index (χ2v) is 9.76. The van der Waals surface area contributed by atoms with E-state index in [-0.39, 0.29) is 18.4 Å². The zero-order valence-electron chi connectivity index (χ0n) is 19.7. The van der Waals surface area contributed by atoms with E-state index in [9.17, 15) is 14.7 Å². The molecule has 12 heteroatoms. The van der Waals surface area contributed by atoms with Crippen LogP contribution < -0.4 is 25.8 Å². The van der Waals surface area contributed by atoms with Crippen molar-refractivity contribution in [2.45, 2.75) is 18.9 Å². The molecule has 196 valence electrons. The maximum atomic E-state index is 12.7. The van der Waals surface area contributed by atoms with Gasteiger partial charge in [0, 0.05) is 19.2 Å². The maximum Gasteiger partial charge on any atom is 0.405 e. The van der Waals surface area contributed by atoms with Gasteiger partial charge in [-0.2, -0.15) is 0 Å². The summed E-state index contributed by atoms with van der Waals surface area (Å²) in [5.74, 6) is 0.690. The molecule has 0 aliphatic carbocycles. The van der Waals surface area contributed by atoms with Gasteiger partial charge < -0.3 is 35.8 Å². The van der Waals surface area contributed by atoms with Crippen molar-refractivity contribution >= 4 is 52.5 Å². The lowest BCUT2D eigenvalue weighted by Gasteiger charge is -2.34. The van der Waals surface area contributed by atoms with Crippen molar-refractivity contribution in [2.24, 2.45) is 5.92 Å². The van der Waals surface area contributed by atoms with Gasteiger partial charge in [0.05, 0.1) is 39.5 Å². The number of halogens is 3. The number of hydrogen-bond donors (Lipinski definition) is 4. The Hall–Kier alpha value is -2.59. The van der Waals surface area contributed by atoms with Crippen LogP contribution in [0.3, 0.4) is 0 Å². The third-order valence-corrected chi connectivity index (χ3v) is 6.90. The van der Waals surface area contributed by atoms with Crippen molar-refractivity contribution in [2.75, 3.05) is 45.6 Å². The molecule has 5 N–H and O–H groups in total. The number of ether oxygens (including phenoxy) is 2. The molecule has 1 aliphatic heterocycles. The lowest BCUT2D eigenvalue weighted by molar-refractivity contribution is 0.0929. The molecule has 0 spiro atoms. The van der Waals surface area contributed by atoms with Crippen LogP contribution in [0.4, 0.5) is 10.5 Å². The van der Waals surface area contributed by atoms with Crippen molar-refractivity contribution < 1.29 is 24.2 Å².